The lowest BCUT2D eigenvalue weighted by molar-refractivity contribution is -0.132. The summed E-state index contributed by atoms with van der Waals surface area (Å²) in [5, 5.41) is 1.85. The van der Waals surface area contributed by atoms with Gasteiger partial charge >= 0.3 is 0 Å². The van der Waals surface area contributed by atoms with Crippen molar-refractivity contribution in [2.75, 3.05) is 6.61 Å². The number of hydrogen-bond acceptors (Lipinski definition) is 2. The Morgan fingerprint density at radius 2 is 1.76 bits per heavy atom. The van der Waals surface area contributed by atoms with Gasteiger partial charge in [0.1, 0.15) is 0 Å². The van der Waals surface area contributed by atoms with Gasteiger partial charge in [-0.3, -0.25) is 9.90 Å². The molecular weight excluding hydrogens is 210 g/mol. The van der Waals surface area contributed by atoms with E-state index in [9.17, 15) is 0 Å². The van der Waals surface area contributed by atoms with Crippen molar-refractivity contribution in [3.63, 3.8) is 0 Å². The zero-order valence-corrected chi connectivity index (χ0v) is 11.6. The van der Waals surface area contributed by atoms with E-state index < -0.39 is 0 Å². The second-order valence-electron chi connectivity index (χ2n) is 4.54. The minimum absolute atomic E-state index is 0.663. The van der Waals surface area contributed by atoms with Gasteiger partial charge in [0.2, 0.25) is 0 Å². The lowest BCUT2D eigenvalue weighted by Crippen LogP contribution is -2.21. The van der Waals surface area contributed by atoms with E-state index in [0.717, 1.165) is 12.2 Å². The third kappa shape index (κ3) is 3.60. The Balaban J connectivity index is 2.90. The van der Waals surface area contributed by atoms with E-state index in [4.69, 9.17) is 4.84 Å². The molecule has 0 heterocycles. The maximum Gasteiger partial charge on any atom is 0.0720 e. The maximum atomic E-state index is 5.55. The maximum absolute atomic E-state index is 5.55. The Bertz CT molecular complexity index is 386. The molecule has 0 atom stereocenters. The molecule has 2 nitrogen and oxygen atoms in total. The van der Waals surface area contributed by atoms with Crippen molar-refractivity contribution in [3.8, 4) is 0 Å². The van der Waals surface area contributed by atoms with Gasteiger partial charge in [-0.05, 0) is 56.9 Å². The van der Waals surface area contributed by atoms with Crippen LogP contribution in [-0.2, 0) is 11.4 Å². The van der Waals surface area contributed by atoms with Gasteiger partial charge in [-0.2, -0.15) is 0 Å². The van der Waals surface area contributed by atoms with Crippen molar-refractivity contribution < 1.29 is 4.84 Å². The number of aryl methyl sites for hydroxylation is 2. The van der Waals surface area contributed by atoms with Crippen molar-refractivity contribution >= 4 is 0 Å². The van der Waals surface area contributed by atoms with Crippen LogP contribution in [0.4, 0.5) is 0 Å². The first kappa shape index (κ1) is 13.8. The molecule has 0 saturated heterocycles. The van der Waals surface area contributed by atoms with Crippen LogP contribution in [0.3, 0.4) is 0 Å². The van der Waals surface area contributed by atoms with Crippen molar-refractivity contribution in [2.24, 2.45) is 0 Å². The number of nitrogens with zero attached hydrogens (tertiary/aromatic N) is 1. The van der Waals surface area contributed by atoms with E-state index >= 15 is 0 Å². The van der Waals surface area contributed by atoms with Crippen LogP contribution in [-0.4, -0.2) is 11.7 Å². The van der Waals surface area contributed by atoms with Crippen LogP contribution in [0.1, 0.15) is 36.1 Å². The minimum atomic E-state index is 0.663. The van der Waals surface area contributed by atoms with Crippen LogP contribution in [0.25, 0.3) is 0 Å². The summed E-state index contributed by atoms with van der Waals surface area (Å²) in [4.78, 5) is 5.55. The van der Waals surface area contributed by atoms with Crippen LogP contribution in [0.15, 0.2) is 24.4 Å². The molecule has 0 radical (unpaired) electrons. The Labute approximate surface area is 105 Å². The molecule has 0 aromatic heterocycles. The normalized spacial score (nSPS) is 10.4. The lowest BCUT2D eigenvalue weighted by Gasteiger charge is -2.23. The van der Waals surface area contributed by atoms with Gasteiger partial charge in [-0.15, -0.1) is 0 Å². The highest BCUT2D eigenvalue weighted by molar-refractivity contribution is 5.36. The summed E-state index contributed by atoms with van der Waals surface area (Å²) in [6.45, 7) is 15.8. The number of rotatable bonds is 5. The average Bonchev–Trinajstić information content (AvgIpc) is 2.25. The molecule has 0 aliphatic carbocycles. The number of hydroxylamine groups is 2. The number of allylic oxidation sites excluding steroid dienone is 1. The molecule has 0 aliphatic rings. The SMILES string of the molecule is C=C(C)N(Cc1cc(C)c(C)c(C)c1)OCC. The molecule has 0 spiro atoms. The van der Waals surface area contributed by atoms with Crippen molar-refractivity contribution in [1.82, 2.24) is 5.06 Å². The molecule has 1 aromatic rings. The first-order valence-corrected chi connectivity index (χ1v) is 6.08. The summed E-state index contributed by atoms with van der Waals surface area (Å²) in [6, 6.07) is 4.44. The van der Waals surface area contributed by atoms with Crippen LogP contribution >= 0.6 is 0 Å². The third-order valence-corrected chi connectivity index (χ3v) is 3.02. The van der Waals surface area contributed by atoms with Crippen molar-refractivity contribution in [2.45, 2.75) is 41.2 Å². The first-order valence-electron chi connectivity index (χ1n) is 6.08. The van der Waals surface area contributed by atoms with Gasteiger partial charge in [0.05, 0.1) is 13.2 Å². The zero-order chi connectivity index (χ0) is 13.0. The van der Waals surface area contributed by atoms with Gasteiger partial charge < -0.3 is 0 Å². The van der Waals surface area contributed by atoms with Gasteiger partial charge in [0, 0.05) is 5.70 Å². The summed E-state index contributed by atoms with van der Waals surface area (Å²) >= 11 is 0. The Hall–Kier alpha value is -1.28. The molecule has 0 fully saturated rings. The molecule has 0 saturated carbocycles. The summed E-state index contributed by atoms with van der Waals surface area (Å²) in [5.74, 6) is 0. The molecule has 0 bridgehead atoms. The predicted molar refractivity (Wildman–Crippen MR) is 72.6 cm³/mol. The molecule has 1 rings (SSSR count). The van der Waals surface area contributed by atoms with Gasteiger partial charge in [-0.25, -0.2) is 0 Å². The molecular formula is C15H23NO. The molecule has 17 heavy (non-hydrogen) atoms. The van der Waals surface area contributed by atoms with E-state index in [1.54, 1.807) is 0 Å². The summed E-state index contributed by atoms with van der Waals surface area (Å²) in [7, 11) is 0. The second-order valence-corrected chi connectivity index (χ2v) is 4.54. The van der Waals surface area contributed by atoms with Crippen LogP contribution < -0.4 is 0 Å². The molecule has 0 N–H and O–H groups in total. The highest BCUT2D eigenvalue weighted by Crippen LogP contribution is 2.18. The molecule has 0 amide bonds. The Kier molecular flexibility index (Phi) is 4.76. The van der Waals surface area contributed by atoms with Crippen molar-refractivity contribution in [3.05, 3.63) is 46.7 Å². The topological polar surface area (TPSA) is 12.5 Å². The number of hydrogen-bond donors (Lipinski definition) is 0. The standard InChI is InChI=1S/C15H23NO/c1-7-17-16(11(2)3)10-15-8-12(4)14(6)13(5)9-15/h8-9H,2,7,10H2,1,3-6H3. The predicted octanol–water partition coefficient (Wildman–Crippen LogP) is 3.90. The van der Waals surface area contributed by atoms with E-state index in [2.05, 4.69) is 39.5 Å². The van der Waals surface area contributed by atoms with Crippen LogP contribution in [0.5, 0.6) is 0 Å². The fourth-order valence-electron chi connectivity index (χ4n) is 1.83. The molecule has 1 aromatic carbocycles. The van der Waals surface area contributed by atoms with Crippen LogP contribution in [0, 0.1) is 20.8 Å². The van der Waals surface area contributed by atoms with Crippen molar-refractivity contribution in [1.29, 1.82) is 0 Å². The van der Waals surface area contributed by atoms with E-state index in [1.807, 2.05) is 18.9 Å². The summed E-state index contributed by atoms with van der Waals surface area (Å²) in [6.07, 6.45) is 0. The molecule has 94 valence electrons. The first-order chi connectivity index (χ1) is 7.95. The molecule has 0 unspecified atom stereocenters. The summed E-state index contributed by atoms with van der Waals surface area (Å²) < 4.78 is 0. The van der Waals surface area contributed by atoms with E-state index in [1.165, 1.54) is 22.3 Å². The highest BCUT2D eigenvalue weighted by atomic mass is 16.7. The minimum Gasteiger partial charge on any atom is -0.274 e. The van der Waals surface area contributed by atoms with E-state index in [0.29, 0.717) is 6.61 Å². The zero-order valence-electron chi connectivity index (χ0n) is 11.6. The quantitative estimate of drug-likeness (QED) is 0.715. The number of benzene rings is 1. The highest BCUT2D eigenvalue weighted by Gasteiger charge is 2.07. The van der Waals surface area contributed by atoms with Gasteiger partial charge in [-0.1, -0.05) is 18.7 Å². The summed E-state index contributed by atoms with van der Waals surface area (Å²) in [5.41, 5.74) is 6.23. The fraction of sp³-hybridized carbons (Fsp3) is 0.467. The monoisotopic (exact) mass is 233 g/mol. The molecule has 2 heteroatoms. The molecule has 0 aliphatic heterocycles. The smallest absolute Gasteiger partial charge is 0.0720 e. The van der Waals surface area contributed by atoms with Gasteiger partial charge in [0.25, 0.3) is 0 Å². The van der Waals surface area contributed by atoms with Crippen LogP contribution in [0.2, 0.25) is 0 Å². The Morgan fingerprint density at radius 3 is 2.18 bits per heavy atom. The van der Waals surface area contributed by atoms with E-state index in [-0.39, 0.29) is 0 Å². The lowest BCUT2D eigenvalue weighted by atomic mass is 10.0. The fourth-order valence-corrected chi connectivity index (χ4v) is 1.83. The average molecular weight is 233 g/mol. The largest absolute Gasteiger partial charge is 0.274 e. The van der Waals surface area contributed by atoms with Gasteiger partial charge in [0.15, 0.2) is 0 Å². The Morgan fingerprint density at radius 1 is 1.24 bits per heavy atom. The third-order valence-electron chi connectivity index (χ3n) is 3.02. The second kappa shape index (κ2) is 5.87.